The first-order valence-electron chi connectivity index (χ1n) is 13.4. The van der Waals surface area contributed by atoms with Crippen LogP contribution in [0.3, 0.4) is 0 Å². The van der Waals surface area contributed by atoms with Gasteiger partial charge in [0.1, 0.15) is 23.3 Å². The highest BCUT2D eigenvalue weighted by atomic mass is 32.1. The van der Waals surface area contributed by atoms with Gasteiger partial charge in [0.2, 0.25) is 0 Å². The third-order valence-corrected chi connectivity index (χ3v) is 7.24. The quantitative estimate of drug-likeness (QED) is 0.113. The summed E-state index contributed by atoms with van der Waals surface area (Å²) in [7, 11) is 0. The van der Waals surface area contributed by atoms with Crippen LogP contribution >= 0.6 is 12.2 Å². The molecule has 1 aliphatic rings. The summed E-state index contributed by atoms with van der Waals surface area (Å²) in [5.41, 5.74) is 2.43. The van der Waals surface area contributed by atoms with Crippen LogP contribution in [0.15, 0.2) is 120 Å². The standard InChI is InChI=1S/C32H25N5O5S/c38-29(20-41-23-8-2-1-3-9-23)34-21-13-15-22(16-14-21)36-31(30(35-32(36)43)25-11-6-7-19-33-25)28-18-17-27(42-28)24-10-4-5-12-26(24)37(39)40/h1-19,30-31H,20H2,(H,34,38)(H,35,43). The van der Waals surface area contributed by atoms with E-state index >= 15 is 0 Å². The van der Waals surface area contributed by atoms with Crippen LogP contribution in [0, 0.1) is 10.1 Å². The Balaban J connectivity index is 1.27. The largest absolute Gasteiger partial charge is 0.484 e. The molecule has 2 N–H and O–H groups in total. The molecule has 0 aliphatic carbocycles. The van der Waals surface area contributed by atoms with Gasteiger partial charge in [-0.25, -0.2) is 0 Å². The molecule has 3 heterocycles. The van der Waals surface area contributed by atoms with Crippen molar-refractivity contribution in [1.29, 1.82) is 0 Å². The summed E-state index contributed by atoms with van der Waals surface area (Å²) in [5, 5.41) is 18.3. The number of para-hydroxylation sites is 2. The Labute approximate surface area is 252 Å². The number of nitrogens with one attached hydrogen (secondary N) is 2. The maximum absolute atomic E-state index is 12.5. The van der Waals surface area contributed by atoms with Crippen molar-refractivity contribution >= 4 is 40.3 Å². The molecule has 43 heavy (non-hydrogen) atoms. The van der Waals surface area contributed by atoms with Gasteiger partial charge in [0.25, 0.3) is 11.6 Å². The average molecular weight is 592 g/mol. The van der Waals surface area contributed by atoms with Crippen molar-refractivity contribution in [2.45, 2.75) is 12.1 Å². The number of carbonyl (C=O) groups excluding carboxylic acids is 1. The second kappa shape index (κ2) is 12.1. The first-order chi connectivity index (χ1) is 21.0. The number of aromatic nitrogens is 1. The lowest BCUT2D eigenvalue weighted by Crippen LogP contribution is -2.29. The number of benzene rings is 3. The molecule has 2 atom stereocenters. The monoisotopic (exact) mass is 591 g/mol. The molecule has 2 unspecified atom stereocenters. The van der Waals surface area contributed by atoms with Crippen LogP contribution in [0.1, 0.15) is 23.5 Å². The molecule has 0 bridgehead atoms. The van der Waals surface area contributed by atoms with E-state index in [4.69, 9.17) is 21.4 Å². The van der Waals surface area contributed by atoms with E-state index in [0.717, 1.165) is 11.4 Å². The van der Waals surface area contributed by atoms with Crippen molar-refractivity contribution in [1.82, 2.24) is 10.3 Å². The van der Waals surface area contributed by atoms with Crippen molar-refractivity contribution in [3.8, 4) is 17.1 Å². The fraction of sp³-hybridized carbons (Fsp3) is 0.0938. The number of thiocarbonyl (C=S) groups is 1. The Morgan fingerprint density at radius 1 is 0.977 bits per heavy atom. The normalized spacial score (nSPS) is 16.0. The number of furan rings is 1. The van der Waals surface area contributed by atoms with Gasteiger partial charge in [0.05, 0.1) is 22.2 Å². The van der Waals surface area contributed by atoms with E-state index in [1.807, 2.05) is 53.4 Å². The minimum atomic E-state index is -0.460. The van der Waals surface area contributed by atoms with E-state index in [1.54, 1.807) is 60.8 Å². The Morgan fingerprint density at radius 2 is 1.72 bits per heavy atom. The zero-order valence-electron chi connectivity index (χ0n) is 22.6. The molecule has 1 saturated heterocycles. The molecule has 1 amide bonds. The van der Waals surface area contributed by atoms with Crippen LogP contribution in [-0.2, 0) is 4.79 Å². The molecule has 0 radical (unpaired) electrons. The molecule has 214 valence electrons. The maximum Gasteiger partial charge on any atom is 0.280 e. The first kappa shape index (κ1) is 27.6. The minimum Gasteiger partial charge on any atom is -0.484 e. The molecule has 10 nitrogen and oxygen atoms in total. The molecule has 0 saturated carbocycles. The zero-order chi connectivity index (χ0) is 29.8. The topological polar surface area (TPSA) is 123 Å². The number of nitro groups is 1. The molecule has 1 aliphatic heterocycles. The van der Waals surface area contributed by atoms with Gasteiger partial charge in [-0.1, -0.05) is 36.4 Å². The summed E-state index contributed by atoms with van der Waals surface area (Å²) >= 11 is 5.79. The lowest BCUT2D eigenvalue weighted by atomic mass is 10.0. The number of hydrogen-bond acceptors (Lipinski definition) is 7. The Hall–Kier alpha value is -5.55. The van der Waals surface area contributed by atoms with Crippen LogP contribution in [0.5, 0.6) is 5.75 Å². The van der Waals surface area contributed by atoms with Gasteiger partial charge in [0.15, 0.2) is 11.7 Å². The van der Waals surface area contributed by atoms with Crippen molar-refractivity contribution in [2.24, 2.45) is 0 Å². The van der Waals surface area contributed by atoms with Crippen LogP contribution in [0.4, 0.5) is 17.1 Å². The van der Waals surface area contributed by atoms with Crippen molar-refractivity contribution in [3.05, 3.63) is 137 Å². The average Bonchev–Trinajstić information content (AvgIpc) is 3.66. The van der Waals surface area contributed by atoms with Gasteiger partial charge >= 0.3 is 0 Å². The van der Waals surface area contributed by atoms with Gasteiger partial charge in [-0.2, -0.15) is 0 Å². The lowest BCUT2D eigenvalue weighted by Gasteiger charge is -2.26. The van der Waals surface area contributed by atoms with Gasteiger partial charge in [-0.05, 0) is 78.9 Å². The van der Waals surface area contributed by atoms with Crippen LogP contribution in [-0.4, -0.2) is 27.5 Å². The summed E-state index contributed by atoms with van der Waals surface area (Å²) in [6.07, 6.45) is 1.71. The summed E-state index contributed by atoms with van der Waals surface area (Å²) < 4.78 is 11.8. The number of anilines is 2. The summed E-state index contributed by atoms with van der Waals surface area (Å²) in [4.78, 5) is 30.2. The van der Waals surface area contributed by atoms with Crippen molar-refractivity contribution in [2.75, 3.05) is 16.8 Å². The summed E-state index contributed by atoms with van der Waals surface area (Å²) in [6, 6.07) is 31.2. The summed E-state index contributed by atoms with van der Waals surface area (Å²) in [5.74, 6) is 1.24. The predicted octanol–water partition coefficient (Wildman–Crippen LogP) is 6.44. The van der Waals surface area contributed by atoms with Gasteiger partial charge in [0, 0.05) is 23.6 Å². The molecule has 2 aromatic heterocycles. The number of pyridine rings is 1. The highest BCUT2D eigenvalue weighted by Crippen LogP contribution is 2.43. The molecular formula is C32H25N5O5S. The molecule has 0 spiro atoms. The van der Waals surface area contributed by atoms with Gasteiger partial charge in [-0.15, -0.1) is 0 Å². The number of ether oxygens (including phenoxy) is 1. The number of hydrogen-bond donors (Lipinski definition) is 2. The van der Waals surface area contributed by atoms with Crippen molar-refractivity contribution < 1.29 is 18.9 Å². The fourth-order valence-corrected chi connectivity index (χ4v) is 5.33. The zero-order valence-corrected chi connectivity index (χ0v) is 23.4. The number of amides is 1. The minimum absolute atomic E-state index is 0.0478. The van der Waals surface area contributed by atoms with Crippen molar-refractivity contribution in [3.63, 3.8) is 0 Å². The van der Waals surface area contributed by atoms with E-state index in [9.17, 15) is 14.9 Å². The number of rotatable bonds is 9. The molecule has 11 heteroatoms. The number of carbonyl (C=O) groups is 1. The molecule has 5 aromatic rings. The number of nitro benzene ring substituents is 1. The van der Waals surface area contributed by atoms with Crippen LogP contribution in [0.25, 0.3) is 11.3 Å². The third kappa shape index (κ3) is 5.92. The van der Waals surface area contributed by atoms with E-state index in [-0.39, 0.29) is 24.2 Å². The Kier molecular flexibility index (Phi) is 7.79. The van der Waals surface area contributed by atoms with Crippen LogP contribution < -0.4 is 20.3 Å². The lowest BCUT2D eigenvalue weighted by molar-refractivity contribution is -0.384. The molecular weight excluding hydrogens is 566 g/mol. The van der Waals surface area contributed by atoms with E-state index in [1.165, 1.54) is 6.07 Å². The highest BCUT2D eigenvalue weighted by molar-refractivity contribution is 7.80. The first-order valence-corrected chi connectivity index (χ1v) is 13.8. The smallest absolute Gasteiger partial charge is 0.280 e. The van der Waals surface area contributed by atoms with E-state index in [2.05, 4.69) is 15.6 Å². The second-order valence-electron chi connectivity index (χ2n) is 9.67. The van der Waals surface area contributed by atoms with Gasteiger partial charge in [-0.3, -0.25) is 19.9 Å². The highest BCUT2D eigenvalue weighted by Gasteiger charge is 2.42. The molecule has 3 aromatic carbocycles. The molecule has 6 rings (SSSR count). The molecule has 1 fully saturated rings. The SMILES string of the molecule is O=C(COc1ccccc1)Nc1ccc(N2C(=S)NC(c3ccccn3)C2c2ccc(-c3ccccc3[N+](=O)[O-])o2)cc1. The Bertz CT molecular complexity index is 1760. The second-order valence-corrected chi connectivity index (χ2v) is 10.1. The summed E-state index contributed by atoms with van der Waals surface area (Å²) in [6.45, 7) is -0.125. The Morgan fingerprint density at radius 3 is 2.47 bits per heavy atom. The van der Waals surface area contributed by atoms with E-state index in [0.29, 0.717) is 33.6 Å². The predicted molar refractivity (Wildman–Crippen MR) is 166 cm³/mol. The van der Waals surface area contributed by atoms with E-state index < -0.39 is 11.0 Å². The third-order valence-electron chi connectivity index (χ3n) is 6.92. The number of nitrogens with zero attached hydrogens (tertiary/aromatic N) is 3. The van der Waals surface area contributed by atoms with Gasteiger partial charge < -0.3 is 24.7 Å². The maximum atomic E-state index is 12.5. The fourth-order valence-electron chi connectivity index (χ4n) is 4.99. The van der Waals surface area contributed by atoms with Crippen LogP contribution in [0.2, 0.25) is 0 Å².